The molecule has 1 fully saturated rings. The van der Waals surface area contributed by atoms with E-state index < -0.39 is 0 Å². The highest BCUT2D eigenvalue weighted by Gasteiger charge is 2.23. The summed E-state index contributed by atoms with van der Waals surface area (Å²) in [5, 5.41) is 4.55. The number of benzene rings is 1. The number of nitrogens with one attached hydrogen (secondary N) is 1. The molecule has 1 aromatic rings. The van der Waals surface area contributed by atoms with E-state index in [2.05, 4.69) is 43.2 Å². The van der Waals surface area contributed by atoms with Crippen molar-refractivity contribution in [3.05, 3.63) is 34.9 Å². The number of piperidine rings is 1. The van der Waals surface area contributed by atoms with Crippen LogP contribution in [0.4, 0.5) is 0 Å². The van der Waals surface area contributed by atoms with Crippen molar-refractivity contribution in [3.8, 4) is 0 Å². The van der Waals surface area contributed by atoms with Crippen molar-refractivity contribution in [2.24, 2.45) is 0 Å². The maximum atomic E-state index is 6.04. The number of hydrogen-bond donors (Lipinski definition) is 1. The zero-order valence-corrected chi connectivity index (χ0v) is 12.2. The molecule has 3 heteroatoms. The molecule has 2 nitrogen and oxygen atoms in total. The van der Waals surface area contributed by atoms with Crippen LogP contribution in [-0.4, -0.2) is 30.6 Å². The largest absolute Gasteiger partial charge is 0.307 e. The van der Waals surface area contributed by atoms with Crippen molar-refractivity contribution in [1.29, 1.82) is 0 Å². The van der Waals surface area contributed by atoms with Crippen LogP contribution in [0.5, 0.6) is 0 Å². The minimum absolute atomic E-state index is 0.365. The maximum Gasteiger partial charge on any atom is 0.0409 e. The van der Waals surface area contributed by atoms with Crippen LogP contribution in [0.1, 0.15) is 38.3 Å². The highest BCUT2D eigenvalue weighted by Crippen LogP contribution is 2.21. The Labute approximate surface area is 115 Å². The lowest BCUT2D eigenvalue weighted by molar-refractivity contribution is 0.163. The van der Waals surface area contributed by atoms with Crippen LogP contribution >= 0.6 is 11.6 Å². The predicted octanol–water partition coefficient (Wildman–Crippen LogP) is 3.47. The van der Waals surface area contributed by atoms with Crippen molar-refractivity contribution in [1.82, 2.24) is 10.2 Å². The summed E-state index contributed by atoms with van der Waals surface area (Å²) < 4.78 is 0. The molecule has 1 aromatic carbocycles. The SMILES string of the molecule is CC1CC(N[C@@H](C)c2cccc(Cl)c2)CCN1C. The minimum Gasteiger partial charge on any atom is -0.307 e. The molecule has 3 atom stereocenters. The van der Waals surface area contributed by atoms with Crippen molar-refractivity contribution < 1.29 is 0 Å². The van der Waals surface area contributed by atoms with Crippen molar-refractivity contribution in [3.63, 3.8) is 0 Å². The summed E-state index contributed by atoms with van der Waals surface area (Å²) in [5.74, 6) is 0. The van der Waals surface area contributed by atoms with Gasteiger partial charge < -0.3 is 10.2 Å². The highest BCUT2D eigenvalue weighted by atomic mass is 35.5. The Morgan fingerprint density at radius 1 is 1.44 bits per heavy atom. The molecule has 18 heavy (non-hydrogen) atoms. The van der Waals surface area contributed by atoms with Gasteiger partial charge in [-0.2, -0.15) is 0 Å². The summed E-state index contributed by atoms with van der Waals surface area (Å²) >= 11 is 6.04. The second-order valence-electron chi connectivity index (χ2n) is 5.49. The summed E-state index contributed by atoms with van der Waals surface area (Å²) in [6.45, 7) is 5.70. The van der Waals surface area contributed by atoms with Gasteiger partial charge in [-0.3, -0.25) is 0 Å². The highest BCUT2D eigenvalue weighted by molar-refractivity contribution is 6.30. The molecule has 2 unspecified atom stereocenters. The lowest BCUT2D eigenvalue weighted by atomic mass is 9.97. The normalized spacial score (nSPS) is 27.1. The van der Waals surface area contributed by atoms with Crippen LogP contribution in [0.25, 0.3) is 0 Å². The number of rotatable bonds is 3. The van der Waals surface area contributed by atoms with Gasteiger partial charge in [-0.25, -0.2) is 0 Å². The van der Waals surface area contributed by atoms with Gasteiger partial charge in [0.05, 0.1) is 0 Å². The lowest BCUT2D eigenvalue weighted by Crippen LogP contribution is -2.46. The predicted molar refractivity (Wildman–Crippen MR) is 78.1 cm³/mol. The van der Waals surface area contributed by atoms with Gasteiger partial charge in [-0.15, -0.1) is 0 Å². The molecule has 1 saturated heterocycles. The molecule has 0 aliphatic carbocycles. The molecule has 0 bridgehead atoms. The molecule has 0 spiro atoms. The van der Waals surface area contributed by atoms with Gasteiger partial charge in [-0.1, -0.05) is 23.7 Å². The number of likely N-dealkylation sites (tertiary alicyclic amines) is 1. The summed E-state index contributed by atoms with van der Waals surface area (Å²) in [7, 11) is 2.21. The second kappa shape index (κ2) is 6.05. The Bertz CT molecular complexity index is 394. The van der Waals surface area contributed by atoms with Gasteiger partial charge in [-0.05, 0) is 58.0 Å². The smallest absolute Gasteiger partial charge is 0.0409 e. The van der Waals surface area contributed by atoms with Crippen LogP contribution in [0.3, 0.4) is 0 Å². The Kier molecular flexibility index (Phi) is 4.66. The first-order chi connectivity index (χ1) is 8.56. The molecular formula is C15H23ClN2. The van der Waals surface area contributed by atoms with Gasteiger partial charge >= 0.3 is 0 Å². The third-order valence-corrected chi connectivity index (χ3v) is 4.28. The van der Waals surface area contributed by atoms with Gasteiger partial charge in [0.15, 0.2) is 0 Å². The van der Waals surface area contributed by atoms with Gasteiger partial charge in [0.1, 0.15) is 0 Å². The fourth-order valence-corrected chi connectivity index (χ4v) is 2.87. The van der Waals surface area contributed by atoms with Crippen molar-refractivity contribution >= 4 is 11.6 Å². The third-order valence-electron chi connectivity index (χ3n) is 4.04. The molecule has 1 aliphatic rings. The zero-order valence-electron chi connectivity index (χ0n) is 11.5. The Balaban J connectivity index is 1.93. The fraction of sp³-hybridized carbons (Fsp3) is 0.600. The molecule has 100 valence electrons. The van der Waals surface area contributed by atoms with Crippen LogP contribution in [0.15, 0.2) is 24.3 Å². The average molecular weight is 267 g/mol. The summed E-state index contributed by atoms with van der Waals surface area (Å²) in [6, 6.07) is 9.79. The lowest BCUT2D eigenvalue weighted by Gasteiger charge is -2.36. The average Bonchev–Trinajstić information content (AvgIpc) is 2.34. The van der Waals surface area contributed by atoms with E-state index in [1.54, 1.807) is 0 Å². The van der Waals surface area contributed by atoms with Gasteiger partial charge in [0.25, 0.3) is 0 Å². The van der Waals surface area contributed by atoms with Gasteiger partial charge in [0, 0.05) is 23.1 Å². The Hall–Kier alpha value is -0.570. The molecule has 2 rings (SSSR count). The van der Waals surface area contributed by atoms with E-state index in [0.29, 0.717) is 18.1 Å². The van der Waals surface area contributed by atoms with E-state index in [4.69, 9.17) is 11.6 Å². The Morgan fingerprint density at radius 3 is 2.89 bits per heavy atom. The molecule has 0 saturated carbocycles. The molecule has 1 aliphatic heterocycles. The van der Waals surface area contributed by atoms with Crippen molar-refractivity contribution in [2.45, 2.75) is 44.8 Å². The van der Waals surface area contributed by atoms with E-state index in [1.165, 1.54) is 24.9 Å². The van der Waals surface area contributed by atoms with E-state index in [9.17, 15) is 0 Å². The van der Waals surface area contributed by atoms with Crippen LogP contribution in [0, 0.1) is 0 Å². The fourth-order valence-electron chi connectivity index (χ4n) is 2.67. The number of hydrogen-bond acceptors (Lipinski definition) is 2. The van der Waals surface area contributed by atoms with Gasteiger partial charge in [0.2, 0.25) is 0 Å². The van der Waals surface area contributed by atoms with E-state index in [0.717, 1.165) is 5.02 Å². The minimum atomic E-state index is 0.365. The third kappa shape index (κ3) is 3.47. The molecular weight excluding hydrogens is 244 g/mol. The second-order valence-corrected chi connectivity index (χ2v) is 5.93. The quantitative estimate of drug-likeness (QED) is 0.901. The first kappa shape index (κ1) is 13.9. The molecule has 1 N–H and O–H groups in total. The standard InChI is InChI=1S/C15H23ClN2/c1-11-9-15(7-8-18(11)3)17-12(2)13-5-4-6-14(16)10-13/h4-6,10-12,15,17H,7-9H2,1-3H3/t11?,12-,15?/m0/s1. The number of halogens is 1. The molecule has 1 heterocycles. The van der Waals surface area contributed by atoms with Crippen molar-refractivity contribution in [2.75, 3.05) is 13.6 Å². The van der Waals surface area contributed by atoms with E-state index in [-0.39, 0.29) is 0 Å². The van der Waals surface area contributed by atoms with E-state index in [1.807, 2.05) is 12.1 Å². The summed E-state index contributed by atoms with van der Waals surface area (Å²) in [5.41, 5.74) is 1.27. The molecule has 0 amide bonds. The van der Waals surface area contributed by atoms with Crippen LogP contribution < -0.4 is 5.32 Å². The van der Waals surface area contributed by atoms with Crippen LogP contribution in [0.2, 0.25) is 5.02 Å². The topological polar surface area (TPSA) is 15.3 Å². The first-order valence-corrected chi connectivity index (χ1v) is 7.16. The molecule has 0 radical (unpaired) electrons. The zero-order chi connectivity index (χ0) is 13.1. The monoisotopic (exact) mass is 266 g/mol. The molecule has 0 aromatic heterocycles. The van der Waals surface area contributed by atoms with Crippen LogP contribution in [-0.2, 0) is 0 Å². The van der Waals surface area contributed by atoms with E-state index >= 15 is 0 Å². The number of nitrogens with zero attached hydrogens (tertiary/aromatic N) is 1. The summed E-state index contributed by atoms with van der Waals surface area (Å²) in [6.07, 6.45) is 2.45. The summed E-state index contributed by atoms with van der Waals surface area (Å²) in [4.78, 5) is 2.43. The first-order valence-electron chi connectivity index (χ1n) is 6.78. The Morgan fingerprint density at radius 2 is 2.22 bits per heavy atom. The maximum absolute atomic E-state index is 6.04.